The van der Waals surface area contributed by atoms with Crippen LogP contribution in [-0.2, 0) is 6.54 Å². The fourth-order valence-corrected chi connectivity index (χ4v) is 3.85. The first kappa shape index (κ1) is 20.0. The molecule has 0 bridgehead atoms. The summed E-state index contributed by atoms with van der Waals surface area (Å²) < 4.78 is 0. The number of amides is 1. The van der Waals surface area contributed by atoms with Crippen LogP contribution in [0.1, 0.15) is 40.8 Å². The highest BCUT2D eigenvalue weighted by Crippen LogP contribution is 2.25. The average molecular weight is 402 g/mol. The normalized spacial score (nSPS) is 15.7. The number of carbonyl (C=O) groups excluding carboxylic acids is 1. The molecule has 1 fully saturated rings. The Morgan fingerprint density at radius 2 is 1.90 bits per heavy atom. The Morgan fingerprint density at radius 1 is 1.13 bits per heavy atom. The van der Waals surface area contributed by atoms with Crippen molar-refractivity contribution in [3.05, 3.63) is 77.7 Å². The molecular weight excluding hydrogens is 374 g/mol. The third kappa shape index (κ3) is 4.33. The highest BCUT2D eigenvalue weighted by molar-refractivity contribution is 6.00. The quantitative estimate of drug-likeness (QED) is 0.656. The van der Waals surface area contributed by atoms with Crippen LogP contribution in [0.5, 0.6) is 0 Å². The predicted octanol–water partition coefficient (Wildman–Crippen LogP) is 3.88. The number of carbonyl (C=O) groups is 1. The van der Waals surface area contributed by atoms with Crippen molar-refractivity contribution in [2.45, 2.75) is 25.4 Å². The van der Waals surface area contributed by atoms with Crippen LogP contribution >= 0.6 is 0 Å². The molecule has 4 rings (SSSR count). The van der Waals surface area contributed by atoms with Crippen molar-refractivity contribution in [1.29, 1.82) is 0 Å². The smallest absolute Gasteiger partial charge is 0.254 e. The van der Waals surface area contributed by atoms with E-state index in [0.29, 0.717) is 12.1 Å². The Morgan fingerprint density at radius 3 is 2.63 bits per heavy atom. The summed E-state index contributed by atoms with van der Waals surface area (Å²) in [5.41, 5.74) is 3.48. The van der Waals surface area contributed by atoms with Gasteiger partial charge in [0.2, 0.25) is 0 Å². The molecule has 154 valence electrons. The van der Waals surface area contributed by atoms with Gasteiger partial charge in [-0.1, -0.05) is 48.5 Å². The van der Waals surface area contributed by atoms with Crippen molar-refractivity contribution in [3.8, 4) is 11.1 Å². The maximum Gasteiger partial charge on any atom is 0.254 e. The minimum Gasteiger partial charge on any atom is -0.373 e. The van der Waals surface area contributed by atoms with Gasteiger partial charge in [-0.25, -0.2) is 9.97 Å². The van der Waals surface area contributed by atoms with E-state index in [2.05, 4.69) is 15.6 Å². The van der Waals surface area contributed by atoms with E-state index in [4.69, 9.17) is 4.98 Å². The Balaban J connectivity index is 1.58. The number of hydrogen-bond acceptors (Lipinski definition) is 5. The van der Waals surface area contributed by atoms with Crippen molar-refractivity contribution in [2.75, 3.05) is 26.0 Å². The first-order valence-electron chi connectivity index (χ1n) is 10.3. The van der Waals surface area contributed by atoms with Gasteiger partial charge < -0.3 is 15.5 Å². The second-order valence-electron chi connectivity index (χ2n) is 7.57. The van der Waals surface area contributed by atoms with Crippen LogP contribution < -0.4 is 10.6 Å². The van der Waals surface area contributed by atoms with E-state index in [1.807, 2.05) is 74.8 Å². The maximum atomic E-state index is 13.3. The van der Waals surface area contributed by atoms with Crippen molar-refractivity contribution in [3.63, 3.8) is 0 Å². The Hall–Kier alpha value is -3.25. The number of anilines is 1. The first-order valence-corrected chi connectivity index (χ1v) is 10.3. The average Bonchev–Trinajstić information content (AvgIpc) is 3.34. The molecule has 0 radical (unpaired) electrons. The number of rotatable bonds is 6. The van der Waals surface area contributed by atoms with Gasteiger partial charge in [0.15, 0.2) is 0 Å². The highest BCUT2D eigenvalue weighted by atomic mass is 16.2. The molecule has 1 aliphatic heterocycles. The lowest BCUT2D eigenvalue weighted by Crippen LogP contribution is -2.28. The van der Waals surface area contributed by atoms with Gasteiger partial charge in [0.05, 0.1) is 18.3 Å². The number of benzene rings is 2. The summed E-state index contributed by atoms with van der Waals surface area (Å²) in [6.07, 6.45) is 2.16. The zero-order valence-corrected chi connectivity index (χ0v) is 17.4. The lowest BCUT2D eigenvalue weighted by molar-refractivity contribution is 0.0784. The van der Waals surface area contributed by atoms with Crippen LogP contribution in [0.25, 0.3) is 11.1 Å². The van der Waals surface area contributed by atoms with Gasteiger partial charge in [-0.15, -0.1) is 0 Å². The summed E-state index contributed by atoms with van der Waals surface area (Å²) in [6, 6.07) is 19.8. The molecule has 2 aromatic carbocycles. The van der Waals surface area contributed by atoms with Gasteiger partial charge in [0.25, 0.3) is 5.91 Å². The first-order chi connectivity index (χ1) is 14.7. The molecule has 6 nitrogen and oxygen atoms in total. The third-order valence-corrected chi connectivity index (χ3v) is 5.41. The van der Waals surface area contributed by atoms with Gasteiger partial charge in [0.1, 0.15) is 11.6 Å². The minimum absolute atomic E-state index is 0.0281. The van der Waals surface area contributed by atoms with Crippen molar-refractivity contribution in [2.24, 2.45) is 0 Å². The zero-order valence-electron chi connectivity index (χ0n) is 17.4. The predicted molar refractivity (Wildman–Crippen MR) is 119 cm³/mol. The van der Waals surface area contributed by atoms with E-state index < -0.39 is 0 Å². The van der Waals surface area contributed by atoms with E-state index in [0.717, 1.165) is 47.8 Å². The molecule has 30 heavy (non-hydrogen) atoms. The van der Waals surface area contributed by atoms with E-state index in [-0.39, 0.29) is 11.9 Å². The summed E-state index contributed by atoms with van der Waals surface area (Å²) in [5, 5.41) is 6.56. The molecule has 3 aromatic rings. The molecule has 0 aliphatic carbocycles. The largest absolute Gasteiger partial charge is 0.373 e. The van der Waals surface area contributed by atoms with Crippen LogP contribution in [-0.4, -0.2) is 41.4 Å². The lowest BCUT2D eigenvalue weighted by Gasteiger charge is -2.20. The molecule has 1 saturated heterocycles. The fraction of sp³-hybridized carbons (Fsp3) is 0.292. The van der Waals surface area contributed by atoms with Gasteiger partial charge in [-0.2, -0.15) is 0 Å². The van der Waals surface area contributed by atoms with E-state index in [9.17, 15) is 4.79 Å². The highest BCUT2D eigenvalue weighted by Gasteiger charge is 2.22. The summed E-state index contributed by atoms with van der Waals surface area (Å²) in [6.45, 7) is 1.40. The summed E-state index contributed by atoms with van der Waals surface area (Å²) in [4.78, 5) is 24.4. The van der Waals surface area contributed by atoms with E-state index >= 15 is 0 Å². The molecule has 2 N–H and O–H groups in total. The zero-order chi connectivity index (χ0) is 20.9. The Bertz CT molecular complexity index is 1020. The molecule has 0 saturated carbocycles. The second-order valence-corrected chi connectivity index (χ2v) is 7.57. The molecule has 6 heteroatoms. The van der Waals surface area contributed by atoms with Gasteiger partial charge in [0, 0.05) is 25.7 Å². The van der Waals surface area contributed by atoms with E-state index in [1.165, 1.54) is 0 Å². The van der Waals surface area contributed by atoms with Gasteiger partial charge >= 0.3 is 0 Å². The lowest BCUT2D eigenvalue weighted by atomic mass is 9.99. The van der Waals surface area contributed by atoms with Gasteiger partial charge in [-0.3, -0.25) is 4.79 Å². The third-order valence-electron chi connectivity index (χ3n) is 5.41. The number of nitrogens with one attached hydrogen (secondary N) is 2. The Labute approximate surface area is 177 Å². The summed E-state index contributed by atoms with van der Waals surface area (Å²) in [7, 11) is 3.67. The van der Waals surface area contributed by atoms with Gasteiger partial charge in [-0.05, 0) is 36.6 Å². The second kappa shape index (κ2) is 9.05. The standard InChI is InChI=1S/C24H27N5O/c1-25-22-15-18(27-23(28-22)21-13-8-14-26-21)16-29(2)24(30)20-12-7-6-11-19(20)17-9-4-3-5-10-17/h3-7,9-12,15,21,26H,8,13-14,16H2,1-2H3,(H,25,27,28). The van der Waals surface area contributed by atoms with Crippen LogP contribution in [0, 0.1) is 0 Å². The molecular formula is C24H27N5O. The minimum atomic E-state index is -0.0281. The molecule has 1 aliphatic rings. The summed E-state index contributed by atoms with van der Waals surface area (Å²) >= 11 is 0. The Kier molecular flexibility index (Phi) is 6.05. The van der Waals surface area contributed by atoms with Crippen LogP contribution in [0.3, 0.4) is 0 Å². The number of nitrogens with zero attached hydrogens (tertiary/aromatic N) is 3. The van der Waals surface area contributed by atoms with Crippen LogP contribution in [0.15, 0.2) is 60.7 Å². The van der Waals surface area contributed by atoms with Crippen LogP contribution in [0.4, 0.5) is 5.82 Å². The van der Waals surface area contributed by atoms with E-state index in [1.54, 1.807) is 4.90 Å². The number of hydrogen-bond donors (Lipinski definition) is 2. The SMILES string of the molecule is CNc1cc(CN(C)C(=O)c2ccccc2-c2ccccc2)nc(C2CCCN2)n1. The maximum absolute atomic E-state index is 13.3. The molecule has 1 unspecified atom stereocenters. The fourth-order valence-electron chi connectivity index (χ4n) is 3.85. The molecule has 1 atom stereocenters. The summed E-state index contributed by atoms with van der Waals surface area (Å²) in [5.74, 6) is 1.54. The van der Waals surface area contributed by atoms with Crippen molar-refractivity contribution >= 4 is 11.7 Å². The molecule has 0 spiro atoms. The monoisotopic (exact) mass is 401 g/mol. The number of aromatic nitrogens is 2. The molecule has 1 aromatic heterocycles. The topological polar surface area (TPSA) is 70.2 Å². The van der Waals surface area contributed by atoms with Crippen molar-refractivity contribution < 1.29 is 4.79 Å². The van der Waals surface area contributed by atoms with Crippen molar-refractivity contribution in [1.82, 2.24) is 20.2 Å². The van der Waals surface area contributed by atoms with Crippen LogP contribution in [0.2, 0.25) is 0 Å². The molecule has 2 heterocycles. The molecule has 1 amide bonds.